The molecular weight excluding hydrogens is 216 g/mol. The lowest BCUT2D eigenvalue weighted by molar-refractivity contribution is -0.128. The molecule has 0 bridgehead atoms. The summed E-state index contributed by atoms with van der Waals surface area (Å²) in [4.78, 5) is 11.5. The standard InChI is InChI=1S/C11H13ClO3/c1-3-9(13)11(15-2)7-4-5-10(14)8(12)6-7/h4-6,11,14H,3H2,1-2H3. The number of methoxy groups -OCH3 is 1. The van der Waals surface area contributed by atoms with Crippen LogP contribution in [0.25, 0.3) is 0 Å². The molecule has 0 fully saturated rings. The first kappa shape index (κ1) is 12.0. The van der Waals surface area contributed by atoms with Crippen molar-refractivity contribution in [3.8, 4) is 5.75 Å². The van der Waals surface area contributed by atoms with Crippen molar-refractivity contribution >= 4 is 17.4 Å². The first-order chi connectivity index (χ1) is 7.10. The molecule has 0 saturated heterocycles. The number of ketones is 1. The molecule has 0 aromatic heterocycles. The van der Waals surface area contributed by atoms with Gasteiger partial charge in [0.2, 0.25) is 0 Å². The number of carbonyl (C=O) groups is 1. The zero-order valence-corrected chi connectivity index (χ0v) is 9.41. The van der Waals surface area contributed by atoms with E-state index in [1.807, 2.05) is 0 Å². The summed E-state index contributed by atoms with van der Waals surface area (Å²) in [5.41, 5.74) is 0.659. The van der Waals surface area contributed by atoms with Gasteiger partial charge in [-0.3, -0.25) is 4.79 Å². The Bertz CT molecular complexity index is 363. The Hall–Kier alpha value is -1.06. The average Bonchev–Trinajstić information content (AvgIpc) is 2.24. The summed E-state index contributed by atoms with van der Waals surface area (Å²) in [6.07, 6.45) is -0.204. The molecule has 0 radical (unpaired) electrons. The molecule has 1 aromatic rings. The zero-order valence-electron chi connectivity index (χ0n) is 8.66. The second-order valence-electron chi connectivity index (χ2n) is 3.15. The average molecular weight is 229 g/mol. The van der Waals surface area contributed by atoms with Gasteiger partial charge in [0.1, 0.15) is 11.9 Å². The fraction of sp³-hybridized carbons (Fsp3) is 0.364. The summed E-state index contributed by atoms with van der Waals surface area (Å²) in [5, 5.41) is 9.46. The second kappa shape index (κ2) is 5.14. The molecule has 0 amide bonds. The quantitative estimate of drug-likeness (QED) is 0.862. The Balaban J connectivity index is 3.02. The molecule has 0 heterocycles. The number of halogens is 1. The molecule has 1 rings (SSSR count). The summed E-state index contributed by atoms with van der Waals surface area (Å²) in [6.45, 7) is 1.77. The maximum Gasteiger partial charge on any atom is 0.165 e. The van der Waals surface area contributed by atoms with Crippen LogP contribution in [0.4, 0.5) is 0 Å². The maximum absolute atomic E-state index is 11.5. The number of rotatable bonds is 4. The Morgan fingerprint density at radius 1 is 1.60 bits per heavy atom. The van der Waals surface area contributed by atoms with E-state index in [0.717, 1.165) is 0 Å². The van der Waals surface area contributed by atoms with E-state index in [1.54, 1.807) is 19.1 Å². The molecule has 1 aromatic carbocycles. The number of phenols is 1. The summed E-state index contributed by atoms with van der Waals surface area (Å²) >= 11 is 5.75. The summed E-state index contributed by atoms with van der Waals surface area (Å²) < 4.78 is 5.09. The summed E-state index contributed by atoms with van der Waals surface area (Å²) in [5.74, 6) is -0.0153. The fourth-order valence-corrected chi connectivity index (χ4v) is 1.51. The van der Waals surface area contributed by atoms with Gasteiger partial charge in [-0.15, -0.1) is 0 Å². The van der Waals surface area contributed by atoms with Crippen LogP contribution in [0.5, 0.6) is 5.75 Å². The van der Waals surface area contributed by atoms with E-state index in [4.69, 9.17) is 16.3 Å². The monoisotopic (exact) mass is 228 g/mol. The molecule has 1 unspecified atom stereocenters. The number of carbonyl (C=O) groups excluding carboxylic acids is 1. The van der Waals surface area contributed by atoms with E-state index in [-0.39, 0.29) is 16.6 Å². The molecule has 0 spiro atoms. The third kappa shape index (κ3) is 2.70. The van der Waals surface area contributed by atoms with E-state index in [1.165, 1.54) is 13.2 Å². The van der Waals surface area contributed by atoms with Crippen molar-refractivity contribution in [3.05, 3.63) is 28.8 Å². The van der Waals surface area contributed by atoms with Gasteiger partial charge < -0.3 is 9.84 Å². The van der Waals surface area contributed by atoms with Gasteiger partial charge in [0.05, 0.1) is 5.02 Å². The SMILES string of the molecule is CCC(=O)C(OC)c1ccc(O)c(Cl)c1. The largest absolute Gasteiger partial charge is 0.506 e. The van der Waals surface area contributed by atoms with Crippen molar-refractivity contribution in [2.75, 3.05) is 7.11 Å². The smallest absolute Gasteiger partial charge is 0.165 e. The lowest BCUT2D eigenvalue weighted by Crippen LogP contribution is -2.13. The van der Waals surface area contributed by atoms with Gasteiger partial charge in [-0.05, 0) is 17.7 Å². The van der Waals surface area contributed by atoms with E-state index in [9.17, 15) is 9.90 Å². The molecule has 4 heteroatoms. The zero-order chi connectivity index (χ0) is 11.4. The van der Waals surface area contributed by atoms with Crippen molar-refractivity contribution in [2.45, 2.75) is 19.4 Å². The molecule has 0 aliphatic rings. The van der Waals surface area contributed by atoms with E-state index in [2.05, 4.69) is 0 Å². The Morgan fingerprint density at radius 3 is 2.73 bits per heavy atom. The third-order valence-electron chi connectivity index (χ3n) is 2.15. The fourth-order valence-electron chi connectivity index (χ4n) is 1.33. The summed E-state index contributed by atoms with van der Waals surface area (Å²) in [7, 11) is 1.47. The highest BCUT2D eigenvalue weighted by Crippen LogP contribution is 2.28. The van der Waals surface area contributed by atoms with Gasteiger partial charge in [0.15, 0.2) is 5.78 Å². The van der Waals surface area contributed by atoms with Crippen molar-refractivity contribution in [1.82, 2.24) is 0 Å². The van der Waals surface area contributed by atoms with Crippen LogP contribution in [0, 0.1) is 0 Å². The number of ether oxygens (including phenoxy) is 1. The van der Waals surface area contributed by atoms with Crippen LogP contribution < -0.4 is 0 Å². The highest BCUT2D eigenvalue weighted by atomic mass is 35.5. The Morgan fingerprint density at radius 2 is 2.27 bits per heavy atom. The van der Waals surface area contributed by atoms with Crippen molar-refractivity contribution < 1.29 is 14.6 Å². The second-order valence-corrected chi connectivity index (χ2v) is 3.55. The minimum atomic E-state index is -0.604. The van der Waals surface area contributed by atoms with Gasteiger partial charge in [-0.1, -0.05) is 24.6 Å². The minimum Gasteiger partial charge on any atom is -0.506 e. The molecule has 1 atom stereocenters. The molecule has 0 saturated carbocycles. The number of benzene rings is 1. The van der Waals surface area contributed by atoms with Gasteiger partial charge in [0, 0.05) is 13.5 Å². The van der Waals surface area contributed by atoms with Gasteiger partial charge in [-0.2, -0.15) is 0 Å². The number of phenolic OH excluding ortho intramolecular Hbond substituents is 1. The Labute approximate surface area is 93.6 Å². The number of Topliss-reactive ketones (excluding diaryl/α,β-unsaturated/α-hetero) is 1. The van der Waals surface area contributed by atoms with Gasteiger partial charge >= 0.3 is 0 Å². The van der Waals surface area contributed by atoms with Crippen LogP contribution in [0.2, 0.25) is 5.02 Å². The summed E-state index contributed by atoms with van der Waals surface area (Å²) in [6, 6.07) is 4.62. The molecular formula is C11H13ClO3. The van der Waals surface area contributed by atoms with Crippen LogP contribution in [0.1, 0.15) is 25.0 Å². The van der Waals surface area contributed by atoms with E-state index >= 15 is 0 Å². The third-order valence-corrected chi connectivity index (χ3v) is 2.45. The predicted octanol–water partition coefficient (Wildman–Crippen LogP) is 2.71. The lowest BCUT2D eigenvalue weighted by atomic mass is 10.0. The molecule has 0 aliphatic carbocycles. The molecule has 15 heavy (non-hydrogen) atoms. The number of aromatic hydroxyl groups is 1. The molecule has 0 aliphatic heterocycles. The number of hydrogen-bond donors (Lipinski definition) is 1. The van der Waals surface area contributed by atoms with Crippen LogP contribution in [0.3, 0.4) is 0 Å². The van der Waals surface area contributed by atoms with Crippen molar-refractivity contribution in [2.24, 2.45) is 0 Å². The van der Waals surface area contributed by atoms with E-state index < -0.39 is 6.10 Å². The van der Waals surface area contributed by atoms with Crippen LogP contribution in [-0.2, 0) is 9.53 Å². The predicted molar refractivity (Wildman–Crippen MR) is 58.2 cm³/mol. The van der Waals surface area contributed by atoms with Crippen molar-refractivity contribution in [1.29, 1.82) is 0 Å². The lowest BCUT2D eigenvalue weighted by Gasteiger charge is -2.14. The first-order valence-electron chi connectivity index (χ1n) is 4.64. The van der Waals surface area contributed by atoms with Crippen LogP contribution in [-0.4, -0.2) is 18.0 Å². The van der Waals surface area contributed by atoms with Crippen LogP contribution in [0.15, 0.2) is 18.2 Å². The first-order valence-corrected chi connectivity index (χ1v) is 5.01. The molecule has 82 valence electrons. The topological polar surface area (TPSA) is 46.5 Å². The van der Waals surface area contributed by atoms with Crippen LogP contribution >= 0.6 is 11.6 Å². The van der Waals surface area contributed by atoms with Gasteiger partial charge in [0.25, 0.3) is 0 Å². The molecule has 1 N–H and O–H groups in total. The molecule has 3 nitrogen and oxygen atoms in total. The number of hydrogen-bond acceptors (Lipinski definition) is 3. The highest BCUT2D eigenvalue weighted by Gasteiger charge is 2.18. The maximum atomic E-state index is 11.5. The van der Waals surface area contributed by atoms with E-state index in [0.29, 0.717) is 12.0 Å². The normalized spacial score (nSPS) is 12.5. The van der Waals surface area contributed by atoms with Gasteiger partial charge in [-0.25, -0.2) is 0 Å². The minimum absolute atomic E-state index is 0.000725. The highest BCUT2D eigenvalue weighted by molar-refractivity contribution is 6.32. The van der Waals surface area contributed by atoms with Crippen molar-refractivity contribution in [3.63, 3.8) is 0 Å². The Kier molecular flexibility index (Phi) is 4.12.